The summed E-state index contributed by atoms with van der Waals surface area (Å²) in [6.07, 6.45) is 3.55. The van der Waals surface area contributed by atoms with Crippen molar-refractivity contribution < 1.29 is 9.90 Å². The van der Waals surface area contributed by atoms with Crippen molar-refractivity contribution in [1.82, 2.24) is 4.57 Å². The molecule has 2 rings (SSSR count). The van der Waals surface area contributed by atoms with Crippen molar-refractivity contribution in [2.45, 2.75) is 0 Å². The fourth-order valence-corrected chi connectivity index (χ4v) is 1.66. The maximum absolute atomic E-state index is 10.9. The second-order valence-corrected chi connectivity index (χ2v) is 3.44. The lowest BCUT2D eigenvalue weighted by atomic mass is 10.0. The normalized spacial score (nSPS) is 9.82. The number of carboxylic acid groups (broad SMARTS) is 1. The van der Waals surface area contributed by atoms with Crippen LogP contribution in [0.15, 0.2) is 36.5 Å². The first-order chi connectivity index (χ1) is 8.15. The van der Waals surface area contributed by atoms with Crippen molar-refractivity contribution in [3.63, 3.8) is 0 Å². The van der Waals surface area contributed by atoms with Crippen molar-refractivity contribution in [2.24, 2.45) is 0 Å². The van der Waals surface area contributed by atoms with E-state index < -0.39 is 5.97 Å². The van der Waals surface area contributed by atoms with Gasteiger partial charge in [-0.05, 0) is 18.2 Å². The van der Waals surface area contributed by atoms with Crippen LogP contribution in [0.2, 0.25) is 0 Å². The molecule has 1 aromatic carbocycles. The van der Waals surface area contributed by atoms with Crippen LogP contribution in [0.1, 0.15) is 10.4 Å². The molecule has 0 aliphatic heterocycles. The lowest BCUT2D eigenvalue weighted by Crippen LogP contribution is -2.04. The summed E-state index contributed by atoms with van der Waals surface area (Å²) < 4.78 is 1.33. The van der Waals surface area contributed by atoms with Gasteiger partial charge in [0, 0.05) is 11.8 Å². The number of carboxylic acids is 1. The molecule has 2 aromatic rings. The predicted molar refractivity (Wildman–Crippen MR) is 62.3 cm³/mol. The molecule has 0 saturated heterocycles. The molecule has 0 bridgehead atoms. The lowest BCUT2D eigenvalue weighted by molar-refractivity contribution is 0.0698. The molecule has 17 heavy (non-hydrogen) atoms. The van der Waals surface area contributed by atoms with E-state index in [1.165, 1.54) is 10.6 Å². The van der Waals surface area contributed by atoms with E-state index in [0.717, 1.165) is 0 Å². The average Bonchev–Trinajstić information content (AvgIpc) is 2.76. The number of para-hydroxylation sites is 1. The Morgan fingerprint density at radius 3 is 2.76 bits per heavy atom. The topological polar surface area (TPSA) is 92.0 Å². The van der Waals surface area contributed by atoms with E-state index in [2.05, 4.69) is 0 Å². The maximum atomic E-state index is 10.9. The van der Waals surface area contributed by atoms with Gasteiger partial charge in [-0.15, -0.1) is 0 Å². The number of anilines is 1. The first-order valence-corrected chi connectivity index (χ1v) is 4.84. The molecule has 0 atom stereocenters. The first kappa shape index (κ1) is 10.8. The van der Waals surface area contributed by atoms with Crippen LogP contribution < -0.4 is 5.73 Å². The molecular formula is C12H9N3O2. The van der Waals surface area contributed by atoms with Crippen molar-refractivity contribution in [2.75, 3.05) is 5.73 Å². The number of nitrogen functional groups attached to an aromatic ring is 1. The van der Waals surface area contributed by atoms with E-state index in [0.29, 0.717) is 11.3 Å². The highest BCUT2D eigenvalue weighted by atomic mass is 16.4. The Morgan fingerprint density at radius 2 is 2.12 bits per heavy atom. The third-order valence-corrected chi connectivity index (χ3v) is 2.47. The number of carbonyl (C=O) groups is 1. The number of hydrogen-bond acceptors (Lipinski definition) is 3. The summed E-state index contributed by atoms with van der Waals surface area (Å²) in [6.45, 7) is 0. The molecule has 0 fully saturated rings. The SMILES string of the molecule is N#Cn1cccc1-c1cccc(C(=O)O)c1N. The minimum absolute atomic E-state index is 0.0354. The van der Waals surface area contributed by atoms with Gasteiger partial charge in [-0.25, -0.2) is 4.79 Å². The Bertz CT molecular complexity index is 623. The first-order valence-electron chi connectivity index (χ1n) is 4.84. The van der Waals surface area contributed by atoms with Crippen molar-refractivity contribution in [3.05, 3.63) is 42.1 Å². The van der Waals surface area contributed by atoms with Gasteiger partial charge in [-0.2, -0.15) is 5.26 Å². The van der Waals surface area contributed by atoms with Crippen LogP contribution >= 0.6 is 0 Å². The molecule has 5 nitrogen and oxygen atoms in total. The third-order valence-electron chi connectivity index (χ3n) is 2.47. The molecule has 0 spiro atoms. The molecule has 0 aliphatic rings. The van der Waals surface area contributed by atoms with E-state index in [9.17, 15) is 4.79 Å². The molecule has 0 unspecified atom stereocenters. The molecule has 0 aliphatic carbocycles. The molecule has 3 N–H and O–H groups in total. The molecule has 1 aromatic heterocycles. The van der Waals surface area contributed by atoms with Crippen molar-refractivity contribution in [1.29, 1.82) is 5.26 Å². The van der Waals surface area contributed by atoms with E-state index in [1.54, 1.807) is 30.5 Å². The summed E-state index contributed by atoms with van der Waals surface area (Å²) in [7, 11) is 0. The van der Waals surface area contributed by atoms with E-state index >= 15 is 0 Å². The van der Waals surface area contributed by atoms with Crippen LogP contribution in [-0.2, 0) is 0 Å². The van der Waals surface area contributed by atoms with Gasteiger partial charge in [0.2, 0.25) is 0 Å². The average molecular weight is 227 g/mol. The van der Waals surface area contributed by atoms with Crippen LogP contribution in [-0.4, -0.2) is 15.6 Å². The van der Waals surface area contributed by atoms with Crippen LogP contribution in [0.25, 0.3) is 11.3 Å². The highest BCUT2D eigenvalue weighted by Gasteiger charge is 2.14. The Morgan fingerprint density at radius 1 is 1.35 bits per heavy atom. The summed E-state index contributed by atoms with van der Waals surface area (Å²) in [5, 5.41) is 17.9. The number of nitrogens with zero attached hydrogens (tertiary/aromatic N) is 2. The minimum atomic E-state index is -1.08. The number of hydrogen-bond donors (Lipinski definition) is 2. The lowest BCUT2D eigenvalue weighted by Gasteiger charge is -2.08. The summed E-state index contributed by atoms with van der Waals surface area (Å²) in [4.78, 5) is 10.9. The largest absolute Gasteiger partial charge is 0.478 e. The summed E-state index contributed by atoms with van der Waals surface area (Å²) in [6, 6.07) is 8.13. The van der Waals surface area contributed by atoms with Crippen LogP contribution in [0, 0.1) is 11.5 Å². The van der Waals surface area contributed by atoms with Crippen molar-refractivity contribution in [3.8, 4) is 17.5 Å². The second-order valence-electron chi connectivity index (χ2n) is 3.44. The van der Waals surface area contributed by atoms with Gasteiger partial charge >= 0.3 is 5.97 Å². The van der Waals surface area contributed by atoms with Gasteiger partial charge in [0.1, 0.15) is 0 Å². The Hall–Kier alpha value is -2.74. The standard InChI is InChI=1S/C12H9N3O2/c13-7-15-6-2-5-10(15)8-3-1-4-9(11(8)14)12(16)17/h1-6H,14H2,(H,16,17). The predicted octanol–water partition coefficient (Wildman–Crippen LogP) is 1.76. The van der Waals surface area contributed by atoms with E-state index in [4.69, 9.17) is 16.1 Å². The molecule has 0 radical (unpaired) electrons. The monoisotopic (exact) mass is 227 g/mol. The van der Waals surface area contributed by atoms with Gasteiger partial charge in [-0.1, -0.05) is 12.1 Å². The molecule has 1 heterocycles. The second kappa shape index (κ2) is 4.02. The summed E-state index contributed by atoms with van der Waals surface area (Å²) in [5.74, 6) is -1.08. The van der Waals surface area contributed by atoms with Gasteiger partial charge in [0.25, 0.3) is 0 Å². The zero-order valence-electron chi connectivity index (χ0n) is 8.79. The van der Waals surface area contributed by atoms with Crippen LogP contribution in [0.5, 0.6) is 0 Å². The summed E-state index contributed by atoms with van der Waals surface area (Å²) in [5.41, 5.74) is 7.11. The van der Waals surface area contributed by atoms with E-state index in [-0.39, 0.29) is 11.3 Å². The van der Waals surface area contributed by atoms with Gasteiger partial charge in [-0.3, -0.25) is 4.57 Å². The third kappa shape index (κ3) is 1.72. The zero-order chi connectivity index (χ0) is 12.4. The summed E-state index contributed by atoms with van der Waals surface area (Å²) >= 11 is 0. The number of nitriles is 1. The smallest absolute Gasteiger partial charge is 0.337 e. The number of benzene rings is 1. The minimum Gasteiger partial charge on any atom is -0.478 e. The van der Waals surface area contributed by atoms with E-state index in [1.807, 2.05) is 6.19 Å². The Labute approximate surface area is 97.3 Å². The zero-order valence-corrected chi connectivity index (χ0v) is 8.79. The molecular weight excluding hydrogens is 218 g/mol. The number of rotatable bonds is 2. The highest BCUT2D eigenvalue weighted by Crippen LogP contribution is 2.28. The number of aromatic carboxylic acids is 1. The fraction of sp³-hybridized carbons (Fsp3) is 0. The molecule has 0 saturated carbocycles. The van der Waals surface area contributed by atoms with Crippen LogP contribution in [0.3, 0.4) is 0 Å². The van der Waals surface area contributed by atoms with Crippen LogP contribution in [0.4, 0.5) is 5.69 Å². The highest BCUT2D eigenvalue weighted by molar-refractivity contribution is 5.98. The molecule has 5 heteroatoms. The molecule has 84 valence electrons. The number of aromatic nitrogens is 1. The fourth-order valence-electron chi connectivity index (χ4n) is 1.66. The van der Waals surface area contributed by atoms with Gasteiger partial charge in [0.05, 0.1) is 16.9 Å². The Balaban J connectivity index is 2.66. The Kier molecular flexibility index (Phi) is 2.55. The number of nitrogens with two attached hydrogens (primary N) is 1. The quantitative estimate of drug-likeness (QED) is 0.764. The van der Waals surface area contributed by atoms with Gasteiger partial charge in [0.15, 0.2) is 6.19 Å². The molecule has 0 amide bonds. The maximum Gasteiger partial charge on any atom is 0.337 e. The van der Waals surface area contributed by atoms with Gasteiger partial charge < -0.3 is 10.8 Å². The van der Waals surface area contributed by atoms with Crippen molar-refractivity contribution >= 4 is 11.7 Å².